The lowest BCUT2D eigenvalue weighted by Gasteiger charge is -2.32. The molecule has 2 heterocycles. The van der Waals surface area contributed by atoms with Crippen LogP contribution in [0.5, 0.6) is 0 Å². The number of guanidine groups is 1. The van der Waals surface area contributed by atoms with Gasteiger partial charge in [-0.2, -0.15) is 13.2 Å². The molecule has 1 aliphatic rings. The van der Waals surface area contributed by atoms with Crippen LogP contribution < -0.4 is 16.0 Å². The lowest BCUT2D eigenvalue weighted by atomic mass is 10.1. The highest BCUT2D eigenvalue weighted by atomic mass is 127. The molecule has 0 aliphatic carbocycles. The number of anilines is 1. The van der Waals surface area contributed by atoms with Crippen molar-refractivity contribution in [2.24, 2.45) is 4.99 Å². The number of amides is 1. The van der Waals surface area contributed by atoms with E-state index in [0.717, 1.165) is 31.5 Å². The average Bonchev–Trinajstić information content (AvgIpc) is 2.73. The first kappa shape index (κ1) is 27.0. The largest absolute Gasteiger partial charge is 0.450 e. The average molecular weight is 558 g/mol. The van der Waals surface area contributed by atoms with Crippen molar-refractivity contribution >= 4 is 41.8 Å². The predicted molar refractivity (Wildman–Crippen MR) is 124 cm³/mol. The predicted octanol–water partition coefficient (Wildman–Crippen LogP) is 3.31. The van der Waals surface area contributed by atoms with Gasteiger partial charge < -0.3 is 25.6 Å². The summed E-state index contributed by atoms with van der Waals surface area (Å²) >= 11 is 0. The number of ether oxygens (including phenoxy) is 1. The summed E-state index contributed by atoms with van der Waals surface area (Å²) in [6.07, 6.45) is -1.49. The molecule has 0 spiro atoms. The second-order valence-corrected chi connectivity index (χ2v) is 6.81. The van der Waals surface area contributed by atoms with Crippen LogP contribution in [0, 0.1) is 0 Å². The Kier molecular flexibility index (Phi) is 11.7. The van der Waals surface area contributed by atoms with Gasteiger partial charge in [-0.15, -0.1) is 24.0 Å². The van der Waals surface area contributed by atoms with Crippen LogP contribution in [0.15, 0.2) is 23.3 Å². The summed E-state index contributed by atoms with van der Waals surface area (Å²) in [4.78, 5) is 21.4. The minimum absolute atomic E-state index is 0. The number of likely N-dealkylation sites (tertiary alicyclic amines) is 1. The highest BCUT2D eigenvalue weighted by Crippen LogP contribution is 2.28. The van der Waals surface area contributed by atoms with E-state index in [9.17, 15) is 18.0 Å². The summed E-state index contributed by atoms with van der Waals surface area (Å²) in [7, 11) is 1.69. The number of carbonyl (C=O) groups excluding carboxylic acids is 1. The molecule has 8 nitrogen and oxygen atoms in total. The van der Waals surface area contributed by atoms with Gasteiger partial charge in [-0.05, 0) is 38.3 Å². The van der Waals surface area contributed by atoms with Gasteiger partial charge in [-0.25, -0.2) is 9.78 Å². The minimum atomic E-state index is -4.38. The molecule has 12 heteroatoms. The Bertz CT molecular complexity index is 695. The van der Waals surface area contributed by atoms with Gasteiger partial charge in [0.25, 0.3) is 0 Å². The van der Waals surface area contributed by atoms with Gasteiger partial charge in [-0.1, -0.05) is 0 Å². The third-order valence-electron chi connectivity index (χ3n) is 4.63. The molecule has 1 aromatic rings. The maximum atomic E-state index is 12.5. The third-order valence-corrected chi connectivity index (χ3v) is 4.63. The first-order chi connectivity index (χ1) is 14.3. The number of nitrogens with one attached hydrogen (secondary N) is 3. The number of carbonyl (C=O) groups is 1. The van der Waals surface area contributed by atoms with Crippen molar-refractivity contribution in [2.75, 3.05) is 45.2 Å². The smallest absolute Gasteiger partial charge is 0.417 e. The zero-order chi connectivity index (χ0) is 22.0. The summed E-state index contributed by atoms with van der Waals surface area (Å²) in [5.74, 6) is 1.08. The van der Waals surface area contributed by atoms with Crippen LogP contribution in [0.2, 0.25) is 0 Å². The Labute approximate surface area is 197 Å². The molecule has 0 aromatic carbocycles. The summed E-state index contributed by atoms with van der Waals surface area (Å²) < 4.78 is 42.6. The Morgan fingerprint density at radius 1 is 1.29 bits per heavy atom. The maximum Gasteiger partial charge on any atom is 0.417 e. The molecule has 176 valence electrons. The number of aromatic nitrogens is 1. The van der Waals surface area contributed by atoms with E-state index < -0.39 is 11.7 Å². The molecule has 1 aromatic heterocycles. The molecular formula is C19H30F3IN6O2. The van der Waals surface area contributed by atoms with Crippen molar-refractivity contribution in [2.45, 2.75) is 38.4 Å². The molecule has 31 heavy (non-hydrogen) atoms. The summed E-state index contributed by atoms with van der Waals surface area (Å²) in [5.41, 5.74) is -0.766. The molecule has 0 bridgehead atoms. The summed E-state index contributed by atoms with van der Waals surface area (Å²) in [5, 5.41) is 9.55. The van der Waals surface area contributed by atoms with Crippen molar-refractivity contribution in [3.8, 4) is 0 Å². The lowest BCUT2D eigenvalue weighted by molar-refractivity contribution is -0.137. The number of hydrogen-bond acceptors (Lipinski definition) is 5. The maximum absolute atomic E-state index is 12.5. The van der Waals surface area contributed by atoms with Crippen LogP contribution >= 0.6 is 24.0 Å². The fourth-order valence-electron chi connectivity index (χ4n) is 2.99. The third kappa shape index (κ3) is 9.35. The van der Waals surface area contributed by atoms with Crippen LogP contribution in [0.4, 0.5) is 23.8 Å². The van der Waals surface area contributed by atoms with E-state index >= 15 is 0 Å². The number of halogens is 4. The lowest BCUT2D eigenvalue weighted by Crippen LogP contribution is -2.50. The number of aliphatic imine (C=N–C) groups is 1. The van der Waals surface area contributed by atoms with Gasteiger partial charge in [0.2, 0.25) is 0 Å². The van der Waals surface area contributed by atoms with E-state index in [0.29, 0.717) is 44.6 Å². The van der Waals surface area contributed by atoms with Crippen LogP contribution in [0.25, 0.3) is 0 Å². The number of piperidine rings is 1. The van der Waals surface area contributed by atoms with Crippen LogP contribution in [0.3, 0.4) is 0 Å². The van der Waals surface area contributed by atoms with E-state index in [4.69, 9.17) is 4.74 Å². The second-order valence-electron chi connectivity index (χ2n) is 6.81. The Balaban J connectivity index is 0.00000480. The highest BCUT2D eigenvalue weighted by molar-refractivity contribution is 14.0. The number of hydrogen-bond donors (Lipinski definition) is 3. The first-order valence-corrected chi connectivity index (χ1v) is 9.99. The van der Waals surface area contributed by atoms with Crippen molar-refractivity contribution in [1.29, 1.82) is 0 Å². The van der Waals surface area contributed by atoms with Crippen LogP contribution in [0.1, 0.15) is 31.7 Å². The van der Waals surface area contributed by atoms with Gasteiger partial charge in [0.1, 0.15) is 5.82 Å². The fraction of sp³-hybridized carbons (Fsp3) is 0.632. The molecule has 0 radical (unpaired) electrons. The van der Waals surface area contributed by atoms with Gasteiger partial charge in [0.15, 0.2) is 5.96 Å². The second kappa shape index (κ2) is 13.4. The van der Waals surface area contributed by atoms with Crippen molar-refractivity contribution < 1.29 is 22.7 Å². The highest BCUT2D eigenvalue weighted by Gasteiger charge is 2.30. The standard InChI is InChI=1S/C19H29F3N6O2.HI/c1-3-30-18(29)28-11-7-15(8-12-28)27-17(23-2)25-10-4-9-24-16-6-5-14(13-26-16)19(20,21)22;/h5-6,13,15H,3-4,7-12H2,1-2H3,(H,24,26)(H2,23,25,27);1H. The number of rotatable bonds is 7. The Morgan fingerprint density at radius 3 is 2.55 bits per heavy atom. The molecular weight excluding hydrogens is 528 g/mol. The van der Waals surface area contributed by atoms with E-state index in [1.807, 2.05) is 0 Å². The van der Waals surface area contributed by atoms with Crippen LogP contribution in [-0.4, -0.2) is 67.8 Å². The first-order valence-electron chi connectivity index (χ1n) is 9.99. The van der Waals surface area contributed by atoms with Gasteiger partial charge >= 0.3 is 12.3 Å². The van der Waals surface area contributed by atoms with E-state index in [1.165, 1.54) is 6.07 Å². The molecule has 1 saturated heterocycles. The van der Waals surface area contributed by atoms with E-state index in [2.05, 4.69) is 25.9 Å². The summed E-state index contributed by atoms with van der Waals surface area (Å²) in [6.45, 7) is 4.62. The van der Waals surface area contributed by atoms with Crippen molar-refractivity contribution in [3.05, 3.63) is 23.9 Å². The fourth-order valence-corrected chi connectivity index (χ4v) is 2.99. The zero-order valence-corrected chi connectivity index (χ0v) is 20.0. The molecule has 1 fully saturated rings. The molecule has 0 atom stereocenters. The van der Waals surface area contributed by atoms with Gasteiger partial charge in [-0.3, -0.25) is 4.99 Å². The normalized spacial score (nSPS) is 15.1. The number of alkyl halides is 3. The van der Waals surface area contributed by atoms with E-state index in [1.54, 1.807) is 18.9 Å². The van der Waals surface area contributed by atoms with Gasteiger partial charge in [0, 0.05) is 45.5 Å². The number of nitrogens with zero attached hydrogens (tertiary/aromatic N) is 3. The molecule has 2 rings (SSSR count). The molecule has 3 N–H and O–H groups in total. The van der Waals surface area contributed by atoms with Crippen molar-refractivity contribution in [3.63, 3.8) is 0 Å². The number of pyridine rings is 1. The summed E-state index contributed by atoms with van der Waals surface area (Å²) in [6, 6.07) is 2.54. The van der Waals surface area contributed by atoms with Gasteiger partial charge in [0.05, 0.1) is 12.2 Å². The SMILES string of the molecule is CCOC(=O)N1CCC(NC(=NC)NCCCNc2ccc(C(F)(F)F)cn2)CC1.I. The van der Waals surface area contributed by atoms with E-state index in [-0.39, 0.29) is 36.1 Å². The topological polar surface area (TPSA) is 90.9 Å². The Morgan fingerprint density at radius 2 is 2.00 bits per heavy atom. The van der Waals surface area contributed by atoms with Crippen LogP contribution in [-0.2, 0) is 10.9 Å². The quantitative estimate of drug-likeness (QED) is 0.206. The molecule has 1 aliphatic heterocycles. The molecule has 1 amide bonds. The molecule has 0 unspecified atom stereocenters. The zero-order valence-electron chi connectivity index (χ0n) is 17.7. The minimum Gasteiger partial charge on any atom is -0.450 e. The Hall–Kier alpha value is -1.99. The van der Waals surface area contributed by atoms with Crippen molar-refractivity contribution in [1.82, 2.24) is 20.5 Å². The monoisotopic (exact) mass is 558 g/mol. The molecule has 0 saturated carbocycles.